The van der Waals surface area contributed by atoms with Crippen molar-refractivity contribution >= 4 is 17.1 Å². The van der Waals surface area contributed by atoms with Crippen LogP contribution in [0.5, 0.6) is 0 Å². The zero-order valence-electron chi connectivity index (χ0n) is 14.5. The number of carbonyl (C=O) groups excluding carboxylic acids is 1. The molecule has 0 aliphatic carbocycles. The fraction of sp³-hybridized carbons (Fsp3) is 0.100. The summed E-state index contributed by atoms with van der Waals surface area (Å²) in [6, 6.07) is 14.4. The van der Waals surface area contributed by atoms with Crippen molar-refractivity contribution in [3.05, 3.63) is 82.6 Å². The van der Waals surface area contributed by atoms with E-state index < -0.39 is 5.97 Å². The van der Waals surface area contributed by atoms with Gasteiger partial charge >= 0.3 is 5.97 Å². The van der Waals surface area contributed by atoms with Gasteiger partial charge in [-0.3, -0.25) is 14.3 Å². The lowest BCUT2D eigenvalue weighted by molar-refractivity contribution is 0.0600. The molecular weight excluding hydrogens is 346 g/mol. The quantitative estimate of drug-likeness (QED) is 0.520. The van der Waals surface area contributed by atoms with Crippen LogP contribution in [0.4, 0.5) is 0 Å². The van der Waals surface area contributed by atoms with Gasteiger partial charge < -0.3 is 9.15 Å². The minimum Gasteiger partial charge on any atom is -0.465 e. The third-order valence-electron chi connectivity index (χ3n) is 4.16. The van der Waals surface area contributed by atoms with Gasteiger partial charge in [0, 0.05) is 17.8 Å². The summed E-state index contributed by atoms with van der Waals surface area (Å²) in [4.78, 5) is 33.3. The van der Waals surface area contributed by atoms with Crippen LogP contribution >= 0.6 is 0 Å². The Labute approximate surface area is 153 Å². The third-order valence-corrected chi connectivity index (χ3v) is 4.16. The van der Waals surface area contributed by atoms with Gasteiger partial charge in [-0.2, -0.15) is 0 Å². The maximum absolute atomic E-state index is 12.9. The normalized spacial score (nSPS) is 10.9. The summed E-state index contributed by atoms with van der Waals surface area (Å²) in [6.07, 6.45) is 2.87. The average molecular weight is 361 g/mol. The monoisotopic (exact) mass is 361 g/mol. The highest BCUT2D eigenvalue weighted by Gasteiger charge is 2.16. The molecule has 0 aliphatic rings. The zero-order valence-corrected chi connectivity index (χ0v) is 14.5. The lowest BCUT2D eigenvalue weighted by Crippen LogP contribution is -2.24. The van der Waals surface area contributed by atoms with E-state index >= 15 is 0 Å². The Bertz CT molecular complexity index is 1160. The average Bonchev–Trinajstić information content (AvgIpc) is 3.19. The predicted octanol–water partition coefficient (Wildman–Crippen LogP) is 2.89. The van der Waals surface area contributed by atoms with Crippen LogP contribution in [0.3, 0.4) is 0 Å². The Morgan fingerprint density at radius 2 is 1.96 bits per heavy atom. The first-order chi connectivity index (χ1) is 13.2. The number of furan rings is 1. The first-order valence-electron chi connectivity index (χ1n) is 8.24. The molecule has 0 aliphatic heterocycles. The van der Waals surface area contributed by atoms with Gasteiger partial charge in [-0.1, -0.05) is 30.3 Å². The van der Waals surface area contributed by atoms with E-state index in [0.29, 0.717) is 22.6 Å². The van der Waals surface area contributed by atoms with Crippen molar-refractivity contribution in [2.24, 2.45) is 0 Å². The maximum Gasteiger partial charge on any atom is 0.339 e. The Morgan fingerprint density at radius 3 is 2.67 bits per heavy atom. The number of hydrogen-bond donors (Lipinski definition) is 0. The first-order valence-corrected chi connectivity index (χ1v) is 8.24. The molecule has 7 heteroatoms. The van der Waals surface area contributed by atoms with Gasteiger partial charge in [-0.15, -0.1) is 0 Å². The molecule has 27 heavy (non-hydrogen) atoms. The molecule has 0 radical (unpaired) electrons. The highest BCUT2D eigenvalue weighted by Crippen LogP contribution is 2.20. The number of hydrogen-bond acceptors (Lipinski definition) is 6. The maximum atomic E-state index is 12.9. The van der Waals surface area contributed by atoms with Gasteiger partial charge in [0.05, 0.1) is 31.2 Å². The summed E-state index contributed by atoms with van der Waals surface area (Å²) in [5.41, 5.74) is 2.17. The minimum atomic E-state index is -0.463. The Kier molecular flexibility index (Phi) is 4.25. The number of esters is 1. The molecule has 3 heterocycles. The number of nitrogens with zero attached hydrogens (tertiary/aromatic N) is 3. The molecule has 1 aromatic carbocycles. The number of aromatic nitrogens is 3. The number of benzene rings is 1. The van der Waals surface area contributed by atoms with Crippen LogP contribution in [0.15, 0.2) is 70.2 Å². The van der Waals surface area contributed by atoms with E-state index in [0.717, 1.165) is 5.56 Å². The van der Waals surface area contributed by atoms with Crippen molar-refractivity contribution in [2.75, 3.05) is 7.11 Å². The predicted molar refractivity (Wildman–Crippen MR) is 98.4 cm³/mol. The molecule has 0 atom stereocenters. The van der Waals surface area contributed by atoms with E-state index in [1.165, 1.54) is 24.1 Å². The van der Waals surface area contributed by atoms with Crippen molar-refractivity contribution in [2.45, 2.75) is 6.54 Å². The zero-order chi connectivity index (χ0) is 18.8. The molecule has 3 aromatic heterocycles. The second-order valence-electron chi connectivity index (χ2n) is 5.86. The number of ether oxygens (including phenoxy) is 1. The van der Waals surface area contributed by atoms with Gasteiger partial charge in [0.15, 0.2) is 0 Å². The van der Waals surface area contributed by atoms with E-state index in [1.807, 2.05) is 30.3 Å². The second kappa shape index (κ2) is 6.87. The molecule has 7 nitrogen and oxygen atoms in total. The highest BCUT2D eigenvalue weighted by molar-refractivity contribution is 5.88. The van der Waals surface area contributed by atoms with Crippen LogP contribution in [0.25, 0.3) is 22.5 Å². The van der Waals surface area contributed by atoms with Crippen molar-refractivity contribution in [3.8, 4) is 11.4 Å². The Balaban J connectivity index is 1.81. The summed E-state index contributed by atoms with van der Waals surface area (Å²) in [5.74, 6) is 0.0585. The van der Waals surface area contributed by atoms with E-state index in [-0.39, 0.29) is 17.7 Å². The van der Waals surface area contributed by atoms with E-state index in [4.69, 9.17) is 4.42 Å². The summed E-state index contributed by atoms with van der Waals surface area (Å²) in [7, 11) is 1.31. The number of fused-ring (bicyclic) bond motifs is 1. The number of rotatable bonds is 4. The van der Waals surface area contributed by atoms with Crippen molar-refractivity contribution in [1.82, 2.24) is 14.5 Å². The minimum absolute atomic E-state index is 0.189. The molecule has 0 amide bonds. The van der Waals surface area contributed by atoms with Crippen LogP contribution in [-0.4, -0.2) is 27.6 Å². The lowest BCUT2D eigenvalue weighted by Gasteiger charge is -2.12. The lowest BCUT2D eigenvalue weighted by atomic mass is 10.2. The molecule has 0 bridgehead atoms. The van der Waals surface area contributed by atoms with E-state index in [9.17, 15) is 9.59 Å². The molecule has 0 saturated heterocycles. The van der Waals surface area contributed by atoms with Gasteiger partial charge in [0.2, 0.25) is 5.58 Å². The topological polar surface area (TPSA) is 87.2 Å². The number of carbonyl (C=O) groups is 1. The third kappa shape index (κ3) is 3.10. The fourth-order valence-electron chi connectivity index (χ4n) is 2.82. The van der Waals surface area contributed by atoms with Gasteiger partial charge in [0.25, 0.3) is 5.56 Å². The summed E-state index contributed by atoms with van der Waals surface area (Å²) < 4.78 is 11.5. The van der Waals surface area contributed by atoms with Gasteiger partial charge in [-0.25, -0.2) is 9.78 Å². The number of methoxy groups -OCH3 is 1. The molecular formula is C20H15N3O4. The van der Waals surface area contributed by atoms with Crippen LogP contribution in [0, 0.1) is 0 Å². The van der Waals surface area contributed by atoms with Crippen LogP contribution in [-0.2, 0) is 11.3 Å². The van der Waals surface area contributed by atoms with E-state index in [2.05, 4.69) is 14.7 Å². The van der Waals surface area contributed by atoms with Crippen LogP contribution in [0.1, 0.15) is 16.1 Å². The molecule has 0 saturated carbocycles. The van der Waals surface area contributed by atoms with Crippen molar-refractivity contribution < 1.29 is 13.9 Å². The number of pyridine rings is 1. The van der Waals surface area contributed by atoms with E-state index in [1.54, 1.807) is 18.2 Å². The Hall–Kier alpha value is -3.74. The first kappa shape index (κ1) is 16.7. The smallest absolute Gasteiger partial charge is 0.339 e. The highest BCUT2D eigenvalue weighted by atomic mass is 16.5. The van der Waals surface area contributed by atoms with Crippen LogP contribution in [0.2, 0.25) is 0 Å². The summed E-state index contributed by atoms with van der Waals surface area (Å²) in [5, 5.41) is 0. The summed E-state index contributed by atoms with van der Waals surface area (Å²) in [6.45, 7) is 0.189. The molecule has 0 fully saturated rings. The molecule has 0 spiro atoms. The van der Waals surface area contributed by atoms with Crippen molar-refractivity contribution in [1.29, 1.82) is 0 Å². The van der Waals surface area contributed by atoms with Gasteiger partial charge in [-0.05, 0) is 12.1 Å². The molecule has 0 N–H and O–H groups in total. The van der Waals surface area contributed by atoms with Gasteiger partial charge in [0.1, 0.15) is 11.3 Å². The standard InChI is InChI=1S/C20H15N3O4/c1-26-20(25)14-7-8-15(21-11-14)12-23-18(13-5-3-2-4-6-13)22-16-9-10-27-17(16)19(23)24/h2-11H,12H2,1H3. The molecule has 4 rings (SSSR count). The molecule has 0 unspecified atom stereocenters. The molecule has 134 valence electrons. The molecule has 4 aromatic rings. The Morgan fingerprint density at radius 1 is 1.15 bits per heavy atom. The largest absolute Gasteiger partial charge is 0.465 e. The summed E-state index contributed by atoms with van der Waals surface area (Å²) >= 11 is 0. The van der Waals surface area contributed by atoms with Crippen LogP contribution < -0.4 is 5.56 Å². The van der Waals surface area contributed by atoms with Crippen molar-refractivity contribution in [3.63, 3.8) is 0 Å². The SMILES string of the molecule is COC(=O)c1ccc(Cn2c(-c3ccccc3)nc3ccoc3c2=O)nc1. The fourth-order valence-corrected chi connectivity index (χ4v) is 2.82. The second-order valence-corrected chi connectivity index (χ2v) is 5.86.